The van der Waals surface area contributed by atoms with E-state index >= 15 is 0 Å². The van der Waals surface area contributed by atoms with E-state index in [1.54, 1.807) is 31.2 Å². The van der Waals surface area contributed by atoms with Crippen molar-refractivity contribution in [2.75, 3.05) is 18.4 Å². The molecule has 25 heavy (non-hydrogen) atoms. The number of hydrogen-bond acceptors (Lipinski definition) is 3. The van der Waals surface area contributed by atoms with E-state index in [0.717, 1.165) is 9.87 Å². The van der Waals surface area contributed by atoms with Gasteiger partial charge in [-0.15, -0.1) is 0 Å². The predicted molar refractivity (Wildman–Crippen MR) is 101 cm³/mol. The number of nitrogens with one attached hydrogen (secondary N) is 1. The second-order valence-electron chi connectivity index (χ2n) is 5.42. The Labute approximate surface area is 157 Å². The molecule has 0 spiro atoms. The molecule has 8 heteroatoms. The smallest absolute Gasteiger partial charge is 0.243 e. The second-order valence-corrected chi connectivity index (χ2v) is 8.20. The number of sulfonamides is 1. The number of aryl methyl sites for hydroxylation is 1. The molecule has 0 radical (unpaired) electrons. The summed E-state index contributed by atoms with van der Waals surface area (Å²) in [6.45, 7) is 3.40. The highest BCUT2D eigenvalue weighted by molar-refractivity contribution is 7.89. The fourth-order valence-corrected chi connectivity index (χ4v) is 4.03. The van der Waals surface area contributed by atoms with Crippen LogP contribution in [0, 0.1) is 6.92 Å². The molecular formula is C17H18Cl2N2O3S. The Hall–Kier alpha value is -1.60. The van der Waals surface area contributed by atoms with Crippen molar-refractivity contribution >= 4 is 44.8 Å². The molecule has 5 nitrogen and oxygen atoms in total. The number of benzene rings is 2. The lowest BCUT2D eigenvalue weighted by Gasteiger charge is -2.20. The molecule has 0 heterocycles. The fraction of sp³-hybridized carbons (Fsp3) is 0.235. The summed E-state index contributed by atoms with van der Waals surface area (Å²) in [5.74, 6) is -0.484. The first-order valence-electron chi connectivity index (χ1n) is 7.55. The highest BCUT2D eigenvalue weighted by Gasteiger charge is 2.25. The zero-order chi connectivity index (χ0) is 18.6. The lowest BCUT2D eigenvalue weighted by molar-refractivity contribution is -0.116. The van der Waals surface area contributed by atoms with Gasteiger partial charge in [-0.25, -0.2) is 8.42 Å². The molecule has 1 N–H and O–H groups in total. The minimum absolute atomic E-state index is 0.150. The van der Waals surface area contributed by atoms with Crippen LogP contribution >= 0.6 is 23.2 Å². The van der Waals surface area contributed by atoms with E-state index < -0.39 is 15.9 Å². The van der Waals surface area contributed by atoms with E-state index in [1.165, 1.54) is 18.2 Å². The normalized spacial score (nSPS) is 11.6. The molecule has 2 aromatic rings. The first kappa shape index (κ1) is 19.7. The average Bonchev–Trinajstić information content (AvgIpc) is 2.55. The number of halogens is 2. The van der Waals surface area contributed by atoms with Crippen LogP contribution in [0.3, 0.4) is 0 Å². The maximum Gasteiger partial charge on any atom is 0.243 e. The average molecular weight is 401 g/mol. The molecule has 0 aliphatic heterocycles. The van der Waals surface area contributed by atoms with Crippen LogP contribution < -0.4 is 5.32 Å². The lowest BCUT2D eigenvalue weighted by atomic mass is 10.2. The van der Waals surface area contributed by atoms with Gasteiger partial charge in [-0.05, 0) is 37.3 Å². The highest BCUT2D eigenvalue weighted by Crippen LogP contribution is 2.25. The molecule has 0 atom stereocenters. The summed E-state index contributed by atoms with van der Waals surface area (Å²) in [4.78, 5) is 12.4. The van der Waals surface area contributed by atoms with Gasteiger partial charge >= 0.3 is 0 Å². The maximum atomic E-state index is 12.7. The molecule has 0 aliphatic rings. The monoisotopic (exact) mass is 400 g/mol. The second kappa shape index (κ2) is 8.19. The van der Waals surface area contributed by atoms with Crippen molar-refractivity contribution in [3.05, 3.63) is 58.1 Å². The number of carbonyl (C=O) groups is 1. The van der Waals surface area contributed by atoms with E-state index in [2.05, 4.69) is 5.32 Å². The Morgan fingerprint density at radius 3 is 2.32 bits per heavy atom. The summed E-state index contributed by atoms with van der Waals surface area (Å²) in [6.07, 6.45) is 0. The maximum absolute atomic E-state index is 12.7. The van der Waals surface area contributed by atoms with Crippen LogP contribution in [-0.2, 0) is 14.8 Å². The van der Waals surface area contributed by atoms with Crippen LogP contribution in [-0.4, -0.2) is 31.7 Å². The Kier molecular flexibility index (Phi) is 6.46. The number of anilines is 1. The summed E-state index contributed by atoms with van der Waals surface area (Å²) in [6, 6.07) is 11.1. The summed E-state index contributed by atoms with van der Waals surface area (Å²) >= 11 is 11.8. The van der Waals surface area contributed by atoms with Crippen molar-refractivity contribution in [2.45, 2.75) is 18.7 Å². The molecule has 0 saturated carbocycles. The number of likely N-dealkylation sites (N-methyl/N-ethyl adjacent to an activating group) is 1. The number of nitrogens with zero attached hydrogens (tertiary/aromatic N) is 1. The van der Waals surface area contributed by atoms with Gasteiger partial charge in [0.05, 0.1) is 22.2 Å². The van der Waals surface area contributed by atoms with Crippen LogP contribution in [0.1, 0.15) is 12.5 Å². The Morgan fingerprint density at radius 1 is 1.12 bits per heavy atom. The van der Waals surface area contributed by atoms with Gasteiger partial charge in [-0.2, -0.15) is 4.31 Å². The Balaban J connectivity index is 2.15. The molecule has 0 unspecified atom stereocenters. The molecule has 0 fully saturated rings. The number of amides is 1. The quantitative estimate of drug-likeness (QED) is 0.797. The molecular weight excluding hydrogens is 383 g/mol. The number of rotatable bonds is 6. The minimum Gasteiger partial charge on any atom is -0.324 e. The van der Waals surface area contributed by atoms with Crippen molar-refractivity contribution in [3.8, 4) is 0 Å². The van der Waals surface area contributed by atoms with Gasteiger partial charge in [0.1, 0.15) is 0 Å². The molecule has 0 aliphatic carbocycles. The van der Waals surface area contributed by atoms with E-state index in [9.17, 15) is 13.2 Å². The van der Waals surface area contributed by atoms with Gasteiger partial charge in [0.15, 0.2) is 0 Å². The lowest BCUT2D eigenvalue weighted by Crippen LogP contribution is -2.37. The number of carbonyl (C=O) groups excluding carboxylic acids is 1. The van der Waals surface area contributed by atoms with E-state index in [4.69, 9.17) is 23.2 Å². The first-order chi connectivity index (χ1) is 11.7. The topological polar surface area (TPSA) is 66.5 Å². The molecule has 2 rings (SSSR count). The van der Waals surface area contributed by atoms with Gasteiger partial charge in [-0.3, -0.25) is 4.79 Å². The molecule has 0 bridgehead atoms. The fourth-order valence-electron chi connectivity index (χ4n) is 2.17. The van der Waals surface area contributed by atoms with Crippen LogP contribution in [0.25, 0.3) is 0 Å². The molecule has 0 saturated heterocycles. The highest BCUT2D eigenvalue weighted by atomic mass is 35.5. The van der Waals surface area contributed by atoms with Crippen molar-refractivity contribution in [1.82, 2.24) is 4.31 Å². The molecule has 2 aromatic carbocycles. The van der Waals surface area contributed by atoms with Crippen LogP contribution in [0.5, 0.6) is 0 Å². The molecule has 1 amide bonds. The SMILES string of the molecule is CCN(CC(=O)Nc1ccc(Cl)cc1Cl)S(=O)(=O)c1ccc(C)cc1. The Bertz CT molecular complexity index is 868. The van der Waals surface area contributed by atoms with Gasteiger partial charge in [0, 0.05) is 11.6 Å². The van der Waals surface area contributed by atoms with Crippen LogP contribution in [0.15, 0.2) is 47.4 Å². The summed E-state index contributed by atoms with van der Waals surface area (Å²) in [7, 11) is -3.75. The summed E-state index contributed by atoms with van der Waals surface area (Å²) < 4.78 is 26.5. The van der Waals surface area contributed by atoms with Crippen molar-refractivity contribution < 1.29 is 13.2 Å². The van der Waals surface area contributed by atoms with Gasteiger partial charge in [0.2, 0.25) is 15.9 Å². The van der Waals surface area contributed by atoms with Crippen molar-refractivity contribution in [2.24, 2.45) is 0 Å². The van der Waals surface area contributed by atoms with Crippen molar-refractivity contribution in [3.63, 3.8) is 0 Å². The van der Waals surface area contributed by atoms with E-state index in [-0.39, 0.29) is 23.0 Å². The Morgan fingerprint density at radius 2 is 1.76 bits per heavy atom. The molecule has 134 valence electrons. The third-order valence-electron chi connectivity index (χ3n) is 3.54. The largest absolute Gasteiger partial charge is 0.324 e. The number of hydrogen-bond donors (Lipinski definition) is 1. The summed E-state index contributed by atoms with van der Waals surface area (Å²) in [5.41, 5.74) is 1.33. The van der Waals surface area contributed by atoms with E-state index in [1.807, 2.05) is 6.92 Å². The summed E-state index contributed by atoms with van der Waals surface area (Å²) in [5, 5.41) is 3.33. The minimum atomic E-state index is -3.75. The van der Waals surface area contributed by atoms with Gasteiger partial charge < -0.3 is 5.32 Å². The first-order valence-corrected chi connectivity index (χ1v) is 9.75. The van der Waals surface area contributed by atoms with Crippen molar-refractivity contribution in [1.29, 1.82) is 0 Å². The molecule has 0 aromatic heterocycles. The predicted octanol–water partition coefficient (Wildman–Crippen LogP) is 3.95. The third kappa shape index (κ3) is 4.95. The zero-order valence-electron chi connectivity index (χ0n) is 13.8. The zero-order valence-corrected chi connectivity index (χ0v) is 16.1. The van der Waals surface area contributed by atoms with Crippen LogP contribution in [0.2, 0.25) is 10.0 Å². The van der Waals surface area contributed by atoms with Crippen LogP contribution in [0.4, 0.5) is 5.69 Å². The third-order valence-corrected chi connectivity index (χ3v) is 6.02. The van der Waals surface area contributed by atoms with Gasteiger partial charge in [0.25, 0.3) is 0 Å². The standard InChI is InChI=1S/C17H18Cl2N2O3S/c1-3-21(25(23,24)14-7-4-12(2)5-8-14)11-17(22)20-16-9-6-13(18)10-15(16)19/h4-10H,3,11H2,1-2H3,(H,20,22). The van der Waals surface area contributed by atoms with E-state index in [0.29, 0.717) is 10.7 Å². The van der Waals surface area contributed by atoms with Gasteiger partial charge in [-0.1, -0.05) is 47.8 Å².